The summed E-state index contributed by atoms with van der Waals surface area (Å²) >= 11 is 0. The van der Waals surface area contributed by atoms with Crippen LogP contribution in [-0.4, -0.2) is 15.5 Å². The number of hydrogen-bond acceptors (Lipinski definition) is 3. The van der Waals surface area contributed by atoms with Gasteiger partial charge in [0.2, 0.25) is 5.91 Å². The van der Waals surface area contributed by atoms with Gasteiger partial charge >= 0.3 is 0 Å². The molecule has 1 aromatic heterocycles. The minimum absolute atomic E-state index is 0.0602. The Morgan fingerprint density at radius 3 is 2.88 bits per heavy atom. The monoisotopic (exact) mass is 219 g/mol. The SMILES string of the molecule is CCCCC(C)(C)C(=O)n1cncc1C#N. The molecule has 4 heteroatoms. The Labute approximate surface area is 95.9 Å². The third kappa shape index (κ3) is 2.48. The van der Waals surface area contributed by atoms with Crippen molar-refractivity contribution in [2.24, 2.45) is 5.41 Å². The van der Waals surface area contributed by atoms with E-state index in [1.54, 1.807) is 0 Å². The summed E-state index contributed by atoms with van der Waals surface area (Å²) in [7, 11) is 0. The van der Waals surface area contributed by atoms with E-state index in [4.69, 9.17) is 5.26 Å². The summed E-state index contributed by atoms with van der Waals surface area (Å²) < 4.78 is 1.34. The number of imidazole rings is 1. The molecule has 1 heterocycles. The molecule has 0 saturated heterocycles. The fraction of sp³-hybridized carbons (Fsp3) is 0.583. The Morgan fingerprint density at radius 2 is 2.31 bits per heavy atom. The standard InChI is InChI=1S/C12H17N3O/c1-4-5-6-12(2,3)11(16)15-9-14-8-10(15)7-13/h8-9H,4-6H2,1-3H3. The van der Waals surface area contributed by atoms with Gasteiger partial charge in [0.15, 0.2) is 0 Å². The van der Waals surface area contributed by atoms with Gasteiger partial charge in [-0.1, -0.05) is 33.6 Å². The first-order chi connectivity index (χ1) is 7.53. The summed E-state index contributed by atoms with van der Waals surface area (Å²) in [6.45, 7) is 5.91. The lowest BCUT2D eigenvalue weighted by molar-refractivity contribution is 0.0728. The zero-order valence-corrected chi connectivity index (χ0v) is 10.0. The largest absolute Gasteiger partial charge is 0.273 e. The average molecular weight is 219 g/mol. The Bertz CT molecular complexity index is 412. The average Bonchev–Trinajstić information content (AvgIpc) is 2.73. The zero-order valence-electron chi connectivity index (χ0n) is 10.0. The number of nitriles is 1. The lowest BCUT2D eigenvalue weighted by Gasteiger charge is -2.22. The molecule has 0 aliphatic carbocycles. The molecule has 0 aliphatic rings. The molecule has 4 nitrogen and oxygen atoms in total. The second kappa shape index (κ2) is 4.93. The summed E-state index contributed by atoms with van der Waals surface area (Å²) in [5.41, 5.74) is -0.142. The van der Waals surface area contributed by atoms with E-state index in [0.29, 0.717) is 5.69 Å². The van der Waals surface area contributed by atoms with E-state index >= 15 is 0 Å². The van der Waals surface area contributed by atoms with Crippen LogP contribution in [0.1, 0.15) is 50.5 Å². The van der Waals surface area contributed by atoms with Crippen LogP contribution < -0.4 is 0 Å². The Kier molecular flexibility index (Phi) is 3.83. The van der Waals surface area contributed by atoms with E-state index in [9.17, 15) is 4.79 Å². The van der Waals surface area contributed by atoms with Crippen LogP contribution in [0.3, 0.4) is 0 Å². The zero-order chi connectivity index (χ0) is 12.2. The number of aromatic nitrogens is 2. The van der Waals surface area contributed by atoms with Gasteiger partial charge < -0.3 is 0 Å². The van der Waals surface area contributed by atoms with E-state index in [1.165, 1.54) is 17.1 Å². The van der Waals surface area contributed by atoms with Gasteiger partial charge in [-0.3, -0.25) is 9.36 Å². The molecule has 0 amide bonds. The topological polar surface area (TPSA) is 58.7 Å². The number of rotatable bonds is 4. The predicted octanol–water partition coefficient (Wildman–Crippen LogP) is 2.61. The van der Waals surface area contributed by atoms with E-state index in [2.05, 4.69) is 11.9 Å². The van der Waals surface area contributed by atoms with Crippen molar-refractivity contribution in [2.45, 2.75) is 40.0 Å². The molecule has 0 radical (unpaired) electrons. The third-order valence-corrected chi connectivity index (χ3v) is 2.71. The molecular formula is C12H17N3O. The maximum Gasteiger partial charge on any atom is 0.238 e. The molecule has 0 aliphatic heterocycles. The lowest BCUT2D eigenvalue weighted by atomic mass is 9.86. The molecule has 0 aromatic carbocycles. The third-order valence-electron chi connectivity index (χ3n) is 2.71. The normalized spacial score (nSPS) is 11.1. The van der Waals surface area contributed by atoms with Gasteiger partial charge in [-0.25, -0.2) is 4.98 Å². The highest BCUT2D eigenvalue weighted by Gasteiger charge is 2.29. The summed E-state index contributed by atoms with van der Waals surface area (Å²) in [6.07, 6.45) is 5.72. The van der Waals surface area contributed by atoms with E-state index in [1.807, 2.05) is 19.9 Å². The molecule has 0 bridgehead atoms. The minimum atomic E-state index is -0.442. The maximum absolute atomic E-state index is 12.2. The number of unbranched alkanes of at least 4 members (excludes halogenated alkanes) is 1. The van der Waals surface area contributed by atoms with Crippen LogP contribution in [0.4, 0.5) is 0 Å². The number of carbonyl (C=O) groups is 1. The Morgan fingerprint density at radius 1 is 1.62 bits per heavy atom. The predicted molar refractivity (Wildman–Crippen MR) is 60.9 cm³/mol. The van der Waals surface area contributed by atoms with Crippen molar-refractivity contribution in [1.82, 2.24) is 9.55 Å². The van der Waals surface area contributed by atoms with Gasteiger partial charge in [-0.15, -0.1) is 0 Å². The van der Waals surface area contributed by atoms with Crippen LogP contribution in [-0.2, 0) is 0 Å². The fourth-order valence-corrected chi connectivity index (χ4v) is 1.59. The second-order valence-electron chi connectivity index (χ2n) is 4.55. The van der Waals surface area contributed by atoms with Crippen molar-refractivity contribution in [3.8, 4) is 6.07 Å². The lowest BCUT2D eigenvalue weighted by Crippen LogP contribution is -2.30. The molecule has 0 unspecified atom stereocenters. The van der Waals surface area contributed by atoms with Crippen molar-refractivity contribution in [1.29, 1.82) is 5.26 Å². The summed E-state index contributed by atoms with van der Waals surface area (Å²) in [5, 5.41) is 8.83. The number of carbonyl (C=O) groups excluding carboxylic acids is 1. The first kappa shape index (κ1) is 12.4. The van der Waals surface area contributed by atoms with Gasteiger partial charge in [0.1, 0.15) is 18.1 Å². The molecule has 1 aromatic rings. The fourth-order valence-electron chi connectivity index (χ4n) is 1.59. The Balaban J connectivity index is 2.90. The van der Waals surface area contributed by atoms with Gasteiger partial charge in [0, 0.05) is 5.41 Å². The quantitative estimate of drug-likeness (QED) is 0.782. The Hall–Kier alpha value is -1.63. The molecule has 0 fully saturated rings. The highest BCUT2D eigenvalue weighted by atomic mass is 16.2. The molecule has 0 N–H and O–H groups in total. The van der Waals surface area contributed by atoms with E-state index in [-0.39, 0.29) is 5.91 Å². The van der Waals surface area contributed by atoms with Crippen molar-refractivity contribution >= 4 is 5.91 Å². The highest BCUT2D eigenvalue weighted by Crippen LogP contribution is 2.26. The van der Waals surface area contributed by atoms with Gasteiger partial charge in [0.25, 0.3) is 0 Å². The van der Waals surface area contributed by atoms with Gasteiger partial charge in [-0.2, -0.15) is 5.26 Å². The second-order valence-corrected chi connectivity index (χ2v) is 4.55. The summed E-state index contributed by atoms with van der Waals surface area (Å²) in [6, 6.07) is 1.96. The molecule has 86 valence electrons. The highest BCUT2D eigenvalue weighted by molar-refractivity contribution is 5.85. The van der Waals surface area contributed by atoms with Crippen molar-refractivity contribution in [3.63, 3.8) is 0 Å². The van der Waals surface area contributed by atoms with Crippen LogP contribution >= 0.6 is 0 Å². The van der Waals surface area contributed by atoms with Crippen LogP contribution in [0.15, 0.2) is 12.5 Å². The van der Waals surface area contributed by atoms with E-state index < -0.39 is 5.41 Å². The first-order valence-corrected chi connectivity index (χ1v) is 5.50. The summed E-state index contributed by atoms with van der Waals surface area (Å²) in [5.74, 6) is -0.0602. The molecule has 0 spiro atoms. The van der Waals surface area contributed by atoms with Crippen LogP contribution in [0.2, 0.25) is 0 Å². The van der Waals surface area contributed by atoms with Gasteiger partial charge in [0.05, 0.1) is 6.20 Å². The van der Waals surface area contributed by atoms with Crippen LogP contribution in [0.25, 0.3) is 0 Å². The van der Waals surface area contributed by atoms with E-state index in [0.717, 1.165) is 19.3 Å². The van der Waals surface area contributed by atoms with Crippen molar-refractivity contribution in [3.05, 3.63) is 18.2 Å². The molecule has 0 atom stereocenters. The minimum Gasteiger partial charge on any atom is -0.273 e. The van der Waals surface area contributed by atoms with Gasteiger partial charge in [-0.05, 0) is 6.42 Å². The number of nitrogens with zero attached hydrogens (tertiary/aromatic N) is 3. The van der Waals surface area contributed by atoms with Crippen molar-refractivity contribution < 1.29 is 4.79 Å². The first-order valence-electron chi connectivity index (χ1n) is 5.50. The summed E-state index contributed by atoms with van der Waals surface area (Å²) in [4.78, 5) is 16.0. The molecular weight excluding hydrogens is 202 g/mol. The maximum atomic E-state index is 12.2. The smallest absolute Gasteiger partial charge is 0.238 e. The number of hydrogen-bond donors (Lipinski definition) is 0. The molecule has 1 rings (SSSR count). The van der Waals surface area contributed by atoms with Crippen LogP contribution in [0.5, 0.6) is 0 Å². The van der Waals surface area contributed by atoms with Crippen LogP contribution in [0, 0.1) is 16.7 Å². The molecule has 0 saturated carbocycles. The molecule has 16 heavy (non-hydrogen) atoms. The van der Waals surface area contributed by atoms with Crippen molar-refractivity contribution in [2.75, 3.05) is 0 Å².